The summed E-state index contributed by atoms with van der Waals surface area (Å²) in [5.74, 6) is 1.38. The highest BCUT2D eigenvalue weighted by molar-refractivity contribution is 5.39. The molecular formula is C21H24N4O2. The molecular weight excluding hydrogens is 340 g/mol. The normalized spacial score (nSPS) is 12.4. The van der Waals surface area contributed by atoms with Gasteiger partial charge in [-0.2, -0.15) is 10.5 Å². The second-order valence-corrected chi connectivity index (χ2v) is 5.87. The topological polar surface area (TPSA) is 90.1 Å². The minimum absolute atomic E-state index is 0.442. The van der Waals surface area contributed by atoms with Crippen LogP contribution in [-0.2, 0) is 0 Å². The van der Waals surface area contributed by atoms with E-state index in [2.05, 4.69) is 22.8 Å². The molecule has 6 nitrogen and oxygen atoms in total. The lowest BCUT2D eigenvalue weighted by atomic mass is 10.1. The SMILES string of the molecule is COc1ccccc1[C@H](C#N)NCCCN[C@H](C#N)c1ccccc1OC. The number of benzene rings is 2. The Bertz CT molecular complexity index is 743. The van der Waals surface area contributed by atoms with Crippen LogP contribution in [0.2, 0.25) is 0 Å². The molecule has 0 fully saturated rings. The Morgan fingerprint density at radius 2 is 1.19 bits per heavy atom. The molecule has 0 spiro atoms. The van der Waals surface area contributed by atoms with Crippen molar-refractivity contribution >= 4 is 0 Å². The van der Waals surface area contributed by atoms with Gasteiger partial charge in [0.1, 0.15) is 23.6 Å². The molecule has 0 saturated heterocycles. The molecule has 0 heterocycles. The number of nitrogens with one attached hydrogen (secondary N) is 2. The lowest BCUT2D eigenvalue weighted by Crippen LogP contribution is -2.27. The van der Waals surface area contributed by atoms with Crippen LogP contribution in [0.25, 0.3) is 0 Å². The smallest absolute Gasteiger partial charge is 0.124 e. The summed E-state index contributed by atoms with van der Waals surface area (Å²) in [5, 5.41) is 25.3. The Morgan fingerprint density at radius 1 is 0.778 bits per heavy atom. The highest BCUT2D eigenvalue weighted by Gasteiger charge is 2.16. The molecule has 6 heteroatoms. The molecule has 0 bridgehead atoms. The van der Waals surface area contributed by atoms with Gasteiger partial charge >= 0.3 is 0 Å². The molecule has 0 aliphatic rings. The van der Waals surface area contributed by atoms with Gasteiger partial charge in [-0.05, 0) is 31.6 Å². The molecule has 140 valence electrons. The van der Waals surface area contributed by atoms with E-state index in [0.717, 1.165) is 17.5 Å². The van der Waals surface area contributed by atoms with Crippen molar-refractivity contribution in [2.45, 2.75) is 18.5 Å². The molecule has 2 rings (SSSR count). The van der Waals surface area contributed by atoms with Gasteiger partial charge in [-0.3, -0.25) is 10.6 Å². The second-order valence-electron chi connectivity index (χ2n) is 5.87. The standard InChI is InChI=1S/C21H24N4O2/c1-26-20-10-5-3-8-16(20)18(14-22)24-12-7-13-25-19(15-23)17-9-4-6-11-21(17)27-2/h3-6,8-11,18-19,24-25H,7,12-13H2,1-2H3/t18-,19+. The number of methoxy groups -OCH3 is 2. The zero-order valence-corrected chi connectivity index (χ0v) is 15.6. The van der Waals surface area contributed by atoms with Gasteiger partial charge in [0, 0.05) is 11.1 Å². The van der Waals surface area contributed by atoms with Crippen molar-refractivity contribution in [3.63, 3.8) is 0 Å². The first-order valence-corrected chi connectivity index (χ1v) is 8.77. The van der Waals surface area contributed by atoms with Crippen molar-refractivity contribution in [2.75, 3.05) is 27.3 Å². The van der Waals surface area contributed by atoms with Crippen LogP contribution in [0.15, 0.2) is 48.5 Å². The van der Waals surface area contributed by atoms with Gasteiger partial charge in [-0.15, -0.1) is 0 Å². The largest absolute Gasteiger partial charge is 0.496 e. The maximum absolute atomic E-state index is 9.45. The first kappa shape index (κ1) is 20.3. The summed E-state index contributed by atoms with van der Waals surface area (Å²) in [4.78, 5) is 0. The number of nitrogens with zero attached hydrogens (tertiary/aromatic N) is 2. The molecule has 0 radical (unpaired) electrons. The molecule has 0 saturated carbocycles. The van der Waals surface area contributed by atoms with Gasteiger partial charge in [-0.1, -0.05) is 36.4 Å². The molecule has 0 aromatic heterocycles. The second kappa shape index (κ2) is 10.8. The van der Waals surface area contributed by atoms with Gasteiger partial charge in [0.25, 0.3) is 0 Å². The maximum atomic E-state index is 9.45. The highest BCUT2D eigenvalue weighted by atomic mass is 16.5. The molecule has 2 atom stereocenters. The third kappa shape index (κ3) is 5.46. The minimum atomic E-state index is -0.442. The summed E-state index contributed by atoms with van der Waals surface area (Å²) >= 11 is 0. The van der Waals surface area contributed by atoms with Gasteiger partial charge in [-0.25, -0.2) is 0 Å². The molecule has 0 aliphatic heterocycles. The number of para-hydroxylation sites is 2. The summed E-state index contributed by atoms with van der Waals surface area (Å²) in [5.41, 5.74) is 1.64. The summed E-state index contributed by atoms with van der Waals surface area (Å²) in [6.45, 7) is 1.26. The van der Waals surface area contributed by atoms with Crippen molar-refractivity contribution in [1.29, 1.82) is 10.5 Å². The number of nitriles is 2. The average molecular weight is 364 g/mol. The van der Waals surface area contributed by atoms with E-state index in [1.807, 2.05) is 48.5 Å². The van der Waals surface area contributed by atoms with Crippen molar-refractivity contribution < 1.29 is 9.47 Å². The first-order valence-electron chi connectivity index (χ1n) is 8.77. The fourth-order valence-corrected chi connectivity index (χ4v) is 2.84. The van der Waals surface area contributed by atoms with Gasteiger partial charge in [0.2, 0.25) is 0 Å². The van der Waals surface area contributed by atoms with Gasteiger partial charge in [0.15, 0.2) is 0 Å². The highest BCUT2D eigenvalue weighted by Crippen LogP contribution is 2.25. The van der Waals surface area contributed by atoms with Gasteiger partial charge < -0.3 is 9.47 Å². The zero-order valence-electron chi connectivity index (χ0n) is 15.6. The molecule has 2 aromatic carbocycles. The first-order chi connectivity index (χ1) is 13.2. The van der Waals surface area contributed by atoms with Crippen LogP contribution in [0, 0.1) is 22.7 Å². The number of rotatable bonds is 10. The lowest BCUT2D eigenvalue weighted by molar-refractivity contribution is 0.403. The zero-order chi connectivity index (χ0) is 19.5. The Balaban J connectivity index is 1.85. The predicted molar refractivity (Wildman–Crippen MR) is 103 cm³/mol. The van der Waals surface area contributed by atoms with Crippen LogP contribution in [0.1, 0.15) is 29.6 Å². The molecule has 0 amide bonds. The Morgan fingerprint density at radius 3 is 1.56 bits per heavy atom. The van der Waals surface area contributed by atoms with E-state index in [1.165, 1.54) is 0 Å². The summed E-state index contributed by atoms with van der Waals surface area (Å²) in [6.07, 6.45) is 0.765. The van der Waals surface area contributed by atoms with E-state index in [-0.39, 0.29) is 0 Å². The van der Waals surface area contributed by atoms with Gasteiger partial charge in [0.05, 0.1) is 26.4 Å². The predicted octanol–water partition coefficient (Wildman–Crippen LogP) is 3.10. The van der Waals surface area contributed by atoms with E-state index < -0.39 is 12.1 Å². The maximum Gasteiger partial charge on any atom is 0.124 e. The quantitative estimate of drug-likeness (QED) is 0.630. The van der Waals surface area contributed by atoms with Crippen LogP contribution >= 0.6 is 0 Å². The molecule has 2 N–H and O–H groups in total. The number of ether oxygens (including phenoxy) is 2. The van der Waals surface area contributed by atoms with E-state index in [0.29, 0.717) is 24.6 Å². The van der Waals surface area contributed by atoms with Crippen LogP contribution in [0.5, 0.6) is 11.5 Å². The van der Waals surface area contributed by atoms with Crippen molar-refractivity contribution in [3.05, 3.63) is 59.7 Å². The van der Waals surface area contributed by atoms with Crippen molar-refractivity contribution in [1.82, 2.24) is 10.6 Å². The summed E-state index contributed by atoms with van der Waals surface area (Å²) < 4.78 is 10.6. The van der Waals surface area contributed by atoms with E-state index in [9.17, 15) is 10.5 Å². The number of hydrogen-bond donors (Lipinski definition) is 2. The van der Waals surface area contributed by atoms with E-state index in [4.69, 9.17) is 9.47 Å². The molecule has 0 unspecified atom stereocenters. The monoisotopic (exact) mass is 364 g/mol. The van der Waals surface area contributed by atoms with E-state index >= 15 is 0 Å². The van der Waals surface area contributed by atoms with Crippen LogP contribution < -0.4 is 20.1 Å². The minimum Gasteiger partial charge on any atom is -0.496 e. The third-order valence-electron chi connectivity index (χ3n) is 4.21. The van der Waals surface area contributed by atoms with Crippen LogP contribution in [-0.4, -0.2) is 27.3 Å². The average Bonchev–Trinajstić information content (AvgIpc) is 2.73. The van der Waals surface area contributed by atoms with Crippen molar-refractivity contribution in [3.8, 4) is 23.6 Å². The molecule has 2 aromatic rings. The Hall–Kier alpha value is -3.06. The third-order valence-corrected chi connectivity index (χ3v) is 4.21. The molecule has 27 heavy (non-hydrogen) atoms. The number of hydrogen-bond acceptors (Lipinski definition) is 6. The Labute approximate surface area is 160 Å². The van der Waals surface area contributed by atoms with E-state index in [1.54, 1.807) is 14.2 Å². The summed E-state index contributed by atoms with van der Waals surface area (Å²) in [6, 6.07) is 18.6. The van der Waals surface area contributed by atoms with Crippen molar-refractivity contribution in [2.24, 2.45) is 0 Å². The Kier molecular flexibility index (Phi) is 8.12. The lowest BCUT2D eigenvalue weighted by Gasteiger charge is -2.17. The van der Waals surface area contributed by atoms with Crippen LogP contribution in [0.3, 0.4) is 0 Å². The summed E-state index contributed by atoms with van der Waals surface area (Å²) in [7, 11) is 3.19. The fourth-order valence-electron chi connectivity index (χ4n) is 2.84. The van der Waals surface area contributed by atoms with Crippen LogP contribution in [0.4, 0.5) is 0 Å². The fraction of sp³-hybridized carbons (Fsp3) is 0.333. The molecule has 0 aliphatic carbocycles.